The minimum Gasteiger partial charge on any atom is -0.366 e. The second-order valence-electron chi connectivity index (χ2n) is 4.62. The molecular weight excluding hydrogens is 198 g/mol. The summed E-state index contributed by atoms with van der Waals surface area (Å²) in [6, 6.07) is 6.25. The maximum Gasteiger partial charge on any atom is 0.144 e. The lowest BCUT2D eigenvalue weighted by molar-refractivity contribution is 0.358. The van der Waals surface area contributed by atoms with Crippen LogP contribution in [-0.4, -0.2) is 11.0 Å². The molecule has 0 bridgehead atoms. The first-order valence-electron chi connectivity index (χ1n) is 5.91. The number of hydrogen-bond donors (Lipinski definition) is 1. The van der Waals surface area contributed by atoms with Crippen molar-refractivity contribution in [3.63, 3.8) is 0 Å². The number of aromatic nitrogens is 1. The van der Waals surface area contributed by atoms with E-state index in [2.05, 4.69) is 23.3 Å². The normalized spacial score (nSPS) is 24.8. The minimum atomic E-state index is 0.478. The number of nitrogens with zero attached hydrogens (tertiary/aromatic N) is 2. The van der Waals surface area contributed by atoms with E-state index >= 15 is 0 Å². The van der Waals surface area contributed by atoms with Gasteiger partial charge in [0.1, 0.15) is 11.9 Å². The first kappa shape index (κ1) is 10.9. The molecule has 3 nitrogen and oxygen atoms in total. The molecule has 2 unspecified atom stereocenters. The molecule has 1 aliphatic rings. The van der Waals surface area contributed by atoms with Gasteiger partial charge in [0, 0.05) is 12.2 Å². The number of pyridine rings is 1. The molecule has 1 aromatic heterocycles. The van der Waals surface area contributed by atoms with Crippen LogP contribution in [0.25, 0.3) is 0 Å². The Morgan fingerprint density at radius 1 is 1.50 bits per heavy atom. The van der Waals surface area contributed by atoms with E-state index in [-0.39, 0.29) is 0 Å². The van der Waals surface area contributed by atoms with E-state index < -0.39 is 0 Å². The van der Waals surface area contributed by atoms with Gasteiger partial charge in [-0.05, 0) is 30.9 Å². The smallest absolute Gasteiger partial charge is 0.144 e. The zero-order chi connectivity index (χ0) is 11.4. The van der Waals surface area contributed by atoms with Gasteiger partial charge in [0.05, 0.1) is 5.56 Å². The van der Waals surface area contributed by atoms with Crippen LogP contribution in [0.2, 0.25) is 0 Å². The van der Waals surface area contributed by atoms with Crippen LogP contribution < -0.4 is 5.32 Å². The summed E-state index contributed by atoms with van der Waals surface area (Å²) in [5, 5.41) is 12.4. The monoisotopic (exact) mass is 215 g/mol. The minimum absolute atomic E-state index is 0.478. The maximum absolute atomic E-state index is 8.97. The lowest BCUT2D eigenvalue weighted by Crippen LogP contribution is -2.26. The van der Waals surface area contributed by atoms with Crippen molar-refractivity contribution in [2.75, 3.05) is 5.32 Å². The number of anilines is 1. The second-order valence-corrected chi connectivity index (χ2v) is 4.62. The van der Waals surface area contributed by atoms with E-state index in [1.54, 1.807) is 12.3 Å². The van der Waals surface area contributed by atoms with Gasteiger partial charge >= 0.3 is 0 Å². The number of nitriles is 1. The first-order valence-corrected chi connectivity index (χ1v) is 5.91. The molecule has 0 amide bonds. The third kappa shape index (κ3) is 2.52. The Labute approximate surface area is 96.5 Å². The first-order chi connectivity index (χ1) is 7.79. The van der Waals surface area contributed by atoms with Gasteiger partial charge in [-0.25, -0.2) is 4.98 Å². The molecule has 1 heterocycles. The summed E-state index contributed by atoms with van der Waals surface area (Å²) in [7, 11) is 0. The third-order valence-electron chi connectivity index (χ3n) is 3.21. The van der Waals surface area contributed by atoms with Crippen LogP contribution in [0, 0.1) is 17.2 Å². The summed E-state index contributed by atoms with van der Waals surface area (Å²) in [5.41, 5.74) is 0.640. The molecule has 1 fully saturated rings. The molecule has 1 aliphatic carbocycles. The highest BCUT2D eigenvalue weighted by atomic mass is 15.0. The van der Waals surface area contributed by atoms with E-state index in [4.69, 9.17) is 5.26 Å². The van der Waals surface area contributed by atoms with Crippen LogP contribution >= 0.6 is 0 Å². The van der Waals surface area contributed by atoms with Gasteiger partial charge in [-0.15, -0.1) is 0 Å². The molecular formula is C13H17N3. The van der Waals surface area contributed by atoms with Crippen molar-refractivity contribution in [3.8, 4) is 6.07 Å². The zero-order valence-corrected chi connectivity index (χ0v) is 9.61. The Bertz CT molecular complexity index is 394. The molecule has 0 spiro atoms. The van der Waals surface area contributed by atoms with E-state index in [0.717, 1.165) is 11.7 Å². The van der Waals surface area contributed by atoms with Crippen molar-refractivity contribution in [3.05, 3.63) is 23.9 Å². The zero-order valence-electron chi connectivity index (χ0n) is 9.61. The van der Waals surface area contributed by atoms with Crippen LogP contribution in [-0.2, 0) is 0 Å². The molecule has 84 valence electrons. The van der Waals surface area contributed by atoms with E-state index in [0.29, 0.717) is 11.6 Å². The second kappa shape index (κ2) is 4.98. The number of hydrogen-bond acceptors (Lipinski definition) is 3. The topological polar surface area (TPSA) is 48.7 Å². The highest BCUT2D eigenvalue weighted by molar-refractivity contribution is 5.51. The highest BCUT2D eigenvalue weighted by Gasteiger charge is 2.19. The SMILES string of the molecule is CC1CCCC(Nc2ncccc2C#N)C1. The van der Waals surface area contributed by atoms with Crippen LogP contribution in [0.3, 0.4) is 0 Å². The Morgan fingerprint density at radius 2 is 2.38 bits per heavy atom. The molecule has 0 aromatic carbocycles. The molecule has 1 aromatic rings. The molecule has 0 aliphatic heterocycles. The Balaban J connectivity index is 2.06. The predicted molar refractivity (Wildman–Crippen MR) is 64.0 cm³/mol. The Morgan fingerprint density at radius 3 is 3.12 bits per heavy atom. The van der Waals surface area contributed by atoms with Gasteiger partial charge in [-0.1, -0.05) is 19.8 Å². The van der Waals surface area contributed by atoms with Crippen molar-refractivity contribution < 1.29 is 0 Å². The van der Waals surface area contributed by atoms with Crippen LogP contribution in [0.1, 0.15) is 38.2 Å². The van der Waals surface area contributed by atoms with Crippen LogP contribution in [0.5, 0.6) is 0 Å². The molecule has 2 atom stereocenters. The molecule has 1 N–H and O–H groups in total. The highest BCUT2D eigenvalue weighted by Crippen LogP contribution is 2.26. The third-order valence-corrected chi connectivity index (χ3v) is 3.21. The quantitative estimate of drug-likeness (QED) is 0.825. The number of nitrogens with one attached hydrogen (secondary N) is 1. The van der Waals surface area contributed by atoms with Crippen molar-refractivity contribution in [2.24, 2.45) is 5.92 Å². The van der Waals surface area contributed by atoms with Crippen molar-refractivity contribution in [2.45, 2.75) is 38.6 Å². The molecule has 0 saturated heterocycles. The van der Waals surface area contributed by atoms with Gasteiger partial charge in [-0.2, -0.15) is 5.26 Å². The summed E-state index contributed by atoms with van der Waals surface area (Å²) >= 11 is 0. The van der Waals surface area contributed by atoms with E-state index in [1.807, 2.05) is 6.07 Å². The summed E-state index contributed by atoms with van der Waals surface area (Å²) in [4.78, 5) is 4.24. The van der Waals surface area contributed by atoms with Gasteiger partial charge in [-0.3, -0.25) is 0 Å². The van der Waals surface area contributed by atoms with E-state index in [9.17, 15) is 0 Å². The molecule has 16 heavy (non-hydrogen) atoms. The summed E-state index contributed by atoms with van der Waals surface area (Å²) in [5.74, 6) is 1.52. The molecule has 3 heteroatoms. The van der Waals surface area contributed by atoms with Gasteiger partial charge in [0.2, 0.25) is 0 Å². The van der Waals surface area contributed by atoms with Crippen LogP contribution in [0.15, 0.2) is 18.3 Å². The van der Waals surface area contributed by atoms with Gasteiger partial charge < -0.3 is 5.32 Å². The molecule has 2 rings (SSSR count). The van der Waals surface area contributed by atoms with Gasteiger partial charge in [0.25, 0.3) is 0 Å². The average Bonchev–Trinajstić information content (AvgIpc) is 2.30. The average molecular weight is 215 g/mol. The summed E-state index contributed by atoms with van der Waals surface area (Å²) in [6.07, 6.45) is 6.70. The Hall–Kier alpha value is -1.56. The molecule has 1 saturated carbocycles. The molecule has 0 radical (unpaired) electrons. The van der Waals surface area contributed by atoms with Crippen molar-refractivity contribution >= 4 is 5.82 Å². The summed E-state index contributed by atoms with van der Waals surface area (Å²) < 4.78 is 0. The van der Waals surface area contributed by atoms with E-state index in [1.165, 1.54) is 25.7 Å². The standard InChI is InChI=1S/C13H17N3/c1-10-4-2-6-12(8-10)16-13-11(9-14)5-3-7-15-13/h3,5,7,10,12H,2,4,6,8H2,1H3,(H,15,16). The largest absolute Gasteiger partial charge is 0.366 e. The fourth-order valence-corrected chi connectivity index (χ4v) is 2.37. The van der Waals surface area contributed by atoms with Crippen LogP contribution in [0.4, 0.5) is 5.82 Å². The predicted octanol–water partition coefficient (Wildman–Crippen LogP) is 2.94. The van der Waals surface area contributed by atoms with Crippen molar-refractivity contribution in [1.82, 2.24) is 4.98 Å². The summed E-state index contributed by atoms with van der Waals surface area (Å²) in [6.45, 7) is 2.29. The fourth-order valence-electron chi connectivity index (χ4n) is 2.37. The maximum atomic E-state index is 8.97. The Kier molecular flexibility index (Phi) is 3.40. The van der Waals surface area contributed by atoms with Gasteiger partial charge in [0.15, 0.2) is 0 Å². The van der Waals surface area contributed by atoms with Crippen molar-refractivity contribution in [1.29, 1.82) is 5.26 Å². The fraction of sp³-hybridized carbons (Fsp3) is 0.538. The number of rotatable bonds is 2. The lowest BCUT2D eigenvalue weighted by atomic mass is 9.87. The lowest BCUT2D eigenvalue weighted by Gasteiger charge is -2.28.